The van der Waals surface area contributed by atoms with Crippen molar-refractivity contribution in [1.82, 2.24) is 19.9 Å². The maximum Gasteiger partial charge on any atom is 0.169 e. The lowest BCUT2D eigenvalue weighted by Gasteiger charge is -2.30. The van der Waals surface area contributed by atoms with E-state index in [-0.39, 0.29) is 0 Å². The van der Waals surface area contributed by atoms with Crippen LogP contribution in [0.3, 0.4) is 0 Å². The van der Waals surface area contributed by atoms with Crippen LogP contribution in [0.25, 0.3) is 33.4 Å². The Kier molecular flexibility index (Phi) is 5.40. The molecule has 0 unspecified atom stereocenters. The summed E-state index contributed by atoms with van der Waals surface area (Å²) in [6.07, 6.45) is 3.02. The number of nitrogens with two attached hydrogens (primary N) is 1. The second kappa shape index (κ2) is 8.49. The van der Waals surface area contributed by atoms with Gasteiger partial charge in [-0.05, 0) is 37.7 Å². The quantitative estimate of drug-likeness (QED) is 0.461. The van der Waals surface area contributed by atoms with E-state index in [2.05, 4.69) is 15.2 Å². The molecule has 6 nitrogen and oxygen atoms in total. The van der Waals surface area contributed by atoms with Crippen LogP contribution in [0, 0.1) is 0 Å². The highest BCUT2D eigenvalue weighted by Crippen LogP contribution is 2.35. The standard InChI is InChI=1S/C24H23ClN6/c25-19-15-18(14-17-8-4-9-27-20(17)19)22-21(16-6-2-1-3-7-16)29-23(26)24(30-22)28-10-13-31-11-5-12-31/h1-4,6-9,14-15H,5,10-13H2,(H2,26,29)(H,28,30). The molecule has 3 heterocycles. The molecule has 1 fully saturated rings. The van der Waals surface area contributed by atoms with Gasteiger partial charge >= 0.3 is 0 Å². The van der Waals surface area contributed by atoms with Crippen molar-refractivity contribution in [3.05, 3.63) is 65.8 Å². The minimum absolute atomic E-state index is 0.389. The molecule has 0 bridgehead atoms. The molecule has 0 amide bonds. The number of fused-ring (bicyclic) bond motifs is 1. The molecular weight excluding hydrogens is 408 g/mol. The van der Waals surface area contributed by atoms with Crippen LogP contribution < -0.4 is 11.1 Å². The highest BCUT2D eigenvalue weighted by molar-refractivity contribution is 6.35. The van der Waals surface area contributed by atoms with Crippen molar-refractivity contribution in [2.75, 3.05) is 37.2 Å². The van der Waals surface area contributed by atoms with Gasteiger partial charge in [-0.3, -0.25) is 4.98 Å². The first-order valence-electron chi connectivity index (χ1n) is 10.4. The molecule has 5 rings (SSSR count). The van der Waals surface area contributed by atoms with Crippen molar-refractivity contribution in [2.24, 2.45) is 0 Å². The number of halogens is 1. The Morgan fingerprint density at radius 2 is 1.77 bits per heavy atom. The molecule has 7 heteroatoms. The third-order valence-corrected chi connectivity index (χ3v) is 5.86. The van der Waals surface area contributed by atoms with Gasteiger partial charge in [0.15, 0.2) is 11.6 Å². The fraction of sp³-hybridized carbons (Fsp3) is 0.208. The van der Waals surface area contributed by atoms with E-state index in [0.29, 0.717) is 16.7 Å². The Morgan fingerprint density at radius 1 is 0.968 bits per heavy atom. The number of nitrogens with one attached hydrogen (secondary N) is 1. The van der Waals surface area contributed by atoms with E-state index in [4.69, 9.17) is 27.3 Å². The fourth-order valence-electron chi connectivity index (χ4n) is 3.80. The van der Waals surface area contributed by atoms with Gasteiger partial charge in [-0.2, -0.15) is 0 Å². The molecule has 3 N–H and O–H groups in total. The van der Waals surface area contributed by atoms with Gasteiger partial charge in [0.2, 0.25) is 0 Å². The molecule has 0 spiro atoms. The van der Waals surface area contributed by atoms with Crippen LogP contribution in [-0.4, -0.2) is 46.0 Å². The van der Waals surface area contributed by atoms with Gasteiger partial charge in [0.25, 0.3) is 0 Å². The Labute approximate surface area is 186 Å². The number of nitrogen functional groups attached to an aromatic ring is 1. The average molecular weight is 431 g/mol. The number of anilines is 2. The predicted molar refractivity (Wildman–Crippen MR) is 127 cm³/mol. The average Bonchev–Trinajstić information content (AvgIpc) is 2.76. The number of nitrogens with zero attached hydrogens (tertiary/aromatic N) is 4. The van der Waals surface area contributed by atoms with Gasteiger partial charge < -0.3 is 16.0 Å². The van der Waals surface area contributed by atoms with E-state index in [1.807, 2.05) is 54.6 Å². The predicted octanol–water partition coefficient (Wildman–Crippen LogP) is 4.71. The van der Waals surface area contributed by atoms with Gasteiger partial charge in [0, 0.05) is 35.8 Å². The molecule has 1 saturated heterocycles. The summed E-state index contributed by atoms with van der Waals surface area (Å²) in [7, 11) is 0. The van der Waals surface area contributed by atoms with Crippen molar-refractivity contribution in [1.29, 1.82) is 0 Å². The molecule has 0 atom stereocenters. The van der Waals surface area contributed by atoms with Gasteiger partial charge in [-0.15, -0.1) is 0 Å². The number of aromatic nitrogens is 3. The molecule has 1 aliphatic heterocycles. The summed E-state index contributed by atoms with van der Waals surface area (Å²) in [6, 6.07) is 17.8. The minimum atomic E-state index is 0.389. The van der Waals surface area contributed by atoms with Crippen molar-refractivity contribution in [3.8, 4) is 22.5 Å². The van der Waals surface area contributed by atoms with Crippen LogP contribution in [0.2, 0.25) is 5.02 Å². The first-order chi connectivity index (χ1) is 15.2. The number of hydrogen-bond acceptors (Lipinski definition) is 6. The van der Waals surface area contributed by atoms with Crippen molar-refractivity contribution < 1.29 is 0 Å². The molecule has 0 aliphatic carbocycles. The van der Waals surface area contributed by atoms with Gasteiger partial charge in [-0.25, -0.2) is 9.97 Å². The summed E-state index contributed by atoms with van der Waals surface area (Å²) in [5.74, 6) is 0.984. The third-order valence-electron chi connectivity index (χ3n) is 5.57. The number of rotatable bonds is 6. The number of benzene rings is 2. The van der Waals surface area contributed by atoms with Crippen molar-refractivity contribution in [2.45, 2.75) is 6.42 Å². The highest BCUT2D eigenvalue weighted by atomic mass is 35.5. The van der Waals surface area contributed by atoms with Crippen LogP contribution >= 0.6 is 11.6 Å². The van der Waals surface area contributed by atoms with Crippen molar-refractivity contribution >= 4 is 34.1 Å². The maximum atomic E-state index is 6.57. The summed E-state index contributed by atoms with van der Waals surface area (Å²) in [5.41, 5.74) is 10.4. The Hall–Kier alpha value is -3.22. The highest BCUT2D eigenvalue weighted by Gasteiger charge is 2.18. The van der Waals surface area contributed by atoms with Crippen LogP contribution in [0.15, 0.2) is 60.8 Å². The third kappa shape index (κ3) is 4.04. The molecule has 0 radical (unpaired) electrons. The van der Waals surface area contributed by atoms with E-state index in [0.717, 1.165) is 59.6 Å². The summed E-state index contributed by atoms with van der Waals surface area (Å²) < 4.78 is 0. The fourth-order valence-corrected chi connectivity index (χ4v) is 4.07. The molecule has 0 saturated carbocycles. The van der Waals surface area contributed by atoms with Gasteiger partial charge in [0.1, 0.15) is 0 Å². The summed E-state index contributed by atoms with van der Waals surface area (Å²) in [4.78, 5) is 16.4. The summed E-state index contributed by atoms with van der Waals surface area (Å²) in [6.45, 7) is 4.05. The largest absolute Gasteiger partial charge is 0.381 e. The van der Waals surface area contributed by atoms with E-state index < -0.39 is 0 Å². The summed E-state index contributed by atoms with van der Waals surface area (Å²) in [5, 5.41) is 4.90. The van der Waals surface area contributed by atoms with Gasteiger partial charge in [-0.1, -0.05) is 48.0 Å². The minimum Gasteiger partial charge on any atom is -0.381 e. The molecule has 4 aromatic rings. The van der Waals surface area contributed by atoms with E-state index >= 15 is 0 Å². The monoisotopic (exact) mass is 430 g/mol. The van der Waals surface area contributed by atoms with Crippen LogP contribution in [0.4, 0.5) is 11.6 Å². The first-order valence-corrected chi connectivity index (χ1v) is 10.8. The topological polar surface area (TPSA) is 80.0 Å². The van der Waals surface area contributed by atoms with E-state index in [1.165, 1.54) is 6.42 Å². The lowest BCUT2D eigenvalue weighted by atomic mass is 10.0. The van der Waals surface area contributed by atoms with Gasteiger partial charge in [0.05, 0.1) is 21.9 Å². The first kappa shape index (κ1) is 19.7. The Morgan fingerprint density at radius 3 is 2.55 bits per heavy atom. The van der Waals surface area contributed by atoms with Crippen LogP contribution in [0.5, 0.6) is 0 Å². The zero-order valence-electron chi connectivity index (χ0n) is 17.1. The zero-order valence-corrected chi connectivity index (χ0v) is 17.8. The van der Waals surface area contributed by atoms with E-state index in [1.54, 1.807) is 6.20 Å². The molecule has 2 aromatic heterocycles. The molecule has 31 heavy (non-hydrogen) atoms. The Bertz CT molecular complexity index is 1220. The Balaban J connectivity index is 1.59. The number of likely N-dealkylation sites (tertiary alicyclic amines) is 1. The SMILES string of the molecule is Nc1nc(-c2ccccc2)c(-c2cc(Cl)c3ncccc3c2)nc1NCCN1CCC1. The second-order valence-electron chi connectivity index (χ2n) is 7.68. The zero-order chi connectivity index (χ0) is 21.2. The lowest BCUT2D eigenvalue weighted by molar-refractivity contribution is 0.189. The molecule has 2 aromatic carbocycles. The summed E-state index contributed by atoms with van der Waals surface area (Å²) >= 11 is 6.57. The van der Waals surface area contributed by atoms with Crippen LogP contribution in [-0.2, 0) is 0 Å². The van der Waals surface area contributed by atoms with Crippen LogP contribution in [0.1, 0.15) is 6.42 Å². The molecule has 156 valence electrons. The molecular formula is C24H23ClN6. The van der Waals surface area contributed by atoms with E-state index in [9.17, 15) is 0 Å². The normalized spacial score (nSPS) is 13.8. The smallest absolute Gasteiger partial charge is 0.169 e. The number of hydrogen-bond donors (Lipinski definition) is 2. The number of pyridine rings is 1. The molecule has 1 aliphatic rings. The van der Waals surface area contributed by atoms with Crippen molar-refractivity contribution in [3.63, 3.8) is 0 Å². The second-order valence-corrected chi connectivity index (χ2v) is 8.08. The lowest BCUT2D eigenvalue weighted by Crippen LogP contribution is -2.40. The maximum absolute atomic E-state index is 6.57.